The highest BCUT2D eigenvalue weighted by Gasteiger charge is 2.94. The van der Waals surface area contributed by atoms with Gasteiger partial charge in [0.2, 0.25) is 0 Å². The van der Waals surface area contributed by atoms with Gasteiger partial charge in [0.15, 0.2) is 6.17 Å². The van der Waals surface area contributed by atoms with E-state index in [4.69, 9.17) is 0 Å². The van der Waals surface area contributed by atoms with Crippen LogP contribution >= 0.6 is 0 Å². The van der Waals surface area contributed by atoms with Gasteiger partial charge in [-0.05, 0) is 6.92 Å². The van der Waals surface area contributed by atoms with Crippen molar-refractivity contribution in [2.24, 2.45) is 0 Å². The third-order valence-electron chi connectivity index (χ3n) is 3.44. The molecular formula is C11H7F17. The van der Waals surface area contributed by atoms with Crippen LogP contribution < -0.4 is 0 Å². The summed E-state index contributed by atoms with van der Waals surface area (Å²) in [6.45, 7) is -1.87. The zero-order valence-electron chi connectivity index (χ0n) is 13.0. The first-order valence-corrected chi connectivity index (χ1v) is 6.36. The molecule has 0 amide bonds. The highest BCUT2D eigenvalue weighted by Crippen LogP contribution is 2.64. The fraction of sp³-hybridized carbons (Fsp3) is 1.00. The van der Waals surface area contributed by atoms with Crippen molar-refractivity contribution in [1.29, 1.82) is 0 Å². The number of halogens is 17. The molecule has 1 unspecified atom stereocenters. The van der Waals surface area contributed by atoms with Crippen LogP contribution in [-0.2, 0) is 0 Å². The van der Waals surface area contributed by atoms with Gasteiger partial charge in [0.1, 0.15) is 0 Å². The van der Waals surface area contributed by atoms with E-state index in [1.54, 1.807) is 0 Å². The molecule has 0 aromatic rings. The molecule has 17 heteroatoms. The molecule has 0 N–H and O–H groups in total. The summed E-state index contributed by atoms with van der Waals surface area (Å²) in [5.41, 5.74) is 0. The summed E-state index contributed by atoms with van der Waals surface area (Å²) in [6.07, 6.45) is -4.46. The van der Waals surface area contributed by atoms with Gasteiger partial charge in [0, 0.05) is 6.92 Å². The molecule has 0 aliphatic carbocycles. The van der Waals surface area contributed by atoms with Crippen LogP contribution in [0.1, 0.15) is 13.8 Å². The fourth-order valence-electron chi connectivity index (χ4n) is 1.52. The predicted molar refractivity (Wildman–Crippen MR) is 55.8 cm³/mol. The number of rotatable bonds is 8. The van der Waals surface area contributed by atoms with E-state index in [9.17, 15) is 74.6 Å². The molecule has 0 bridgehead atoms. The lowest BCUT2D eigenvalue weighted by Gasteiger charge is -2.43. The van der Waals surface area contributed by atoms with Gasteiger partial charge in [0.05, 0.1) is 0 Å². The Morgan fingerprint density at radius 1 is 0.429 bits per heavy atom. The normalized spacial score (nSPS) is 17.7. The van der Waals surface area contributed by atoms with Crippen LogP contribution in [0, 0.1) is 0 Å². The summed E-state index contributed by atoms with van der Waals surface area (Å²) < 4.78 is 220. The van der Waals surface area contributed by atoms with Crippen molar-refractivity contribution in [2.75, 3.05) is 0 Å². The molecule has 0 aliphatic rings. The Morgan fingerprint density at radius 2 is 0.643 bits per heavy atom. The molecule has 28 heavy (non-hydrogen) atoms. The topological polar surface area (TPSA) is 0 Å². The Balaban J connectivity index is 6.72. The first-order chi connectivity index (χ1) is 11.7. The van der Waals surface area contributed by atoms with E-state index in [1.165, 1.54) is 0 Å². The smallest absolute Gasteiger partial charge is 0.241 e. The summed E-state index contributed by atoms with van der Waals surface area (Å²) >= 11 is 0. The molecule has 1 atom stereocenters. The largest absolute Gasteiger partial charge is 0.385 e. The molecule has 0 saturated carbocycles. The minimum absolute atomic E-state index is 0.638. The van der Waals surface area contributed by atoms with Crippen LogP contribution in [0.15, 0.2) is 0 Å². The minimum atomic E-state index is -8.50. The van der Waals surface area contributed by atoms with Crippen molar-refractivity contribution in [3.8, 4) is 0 Å². The molecule has 170 valence electrons. The summed E-state index contributed by atoms with van der Waals surface area (Å²) in [7, 11) is 0. The molecular weight excluding hydrogens is 455 g/mol. The first kappa shape index (κ1) is 26.8. The third kappa shape index (κ3) is 3.06. The molecule has 0 radical (unpaired) electrons. The Labute approximate surface area is 143 Å². The fourth-order valence-corrected chi connectivity index (χ4v) is 1.52. The lowest BCUT2D eigenvalue weighted by Crippen LogP contribution is -2.75. The Morgan fingerprint density at radius 3 is 0.857 bits per heavy atom. The van der Waals surface area contributed by atoms with Crippen LogP contribution in [0.4, 0.5) is 74.6 Å². The third-order valence-corrected chi connectivity index (χ3v) is 3.44. The lowest BCUT2D eigenvalue weighted by atomic mass is 9.87. The molecule has 0 heterocycles. The minimum Gasteiger partial charge on any atom is -0.241 e. The standard InChI is InChI=1S/C11H7F17/c1-3(12)5(15,16)7(19,20)9(23,24)11(27,28)10(25,26)8(21,22)6(17,18)4(2,13)14/h3H,1-2H3. The highest BCUT2D eigenvalue weighted by atomic mass is 19.4. The summed E-state index contributed by atoms with van der Waals surface area (Å²) in [4.78, 5) is 0. The maximum absolute atomic E-state index is 13.2. The highest BCUT2D eigenvalue weighted by molar-refractivity contribution is 5.16. The molecule has 0 nitrogen and oxygen atoms in total. The Kier molecular flexibility index (Phi) is 6.13. The molecule has 0 aromatic heterocycles. The van der Waals surface area contributed by atoms with Crippen LogP contribution in [0.25, 0.3) is 0 Å². The second kappa shape index (κ2) is 6.40. The van der Waals surface area contributed by atoms with Crippen LogP contribution in [-0.4, -0.2) is 53.6 Å². The van der Waals surface area contributed by atoms with Gasteiger partial charge >= 0.3 is 47.4 Å². The van der Waals surface area contributed by atoms with Gasteiger partial charge in [-0.3, -0.25) is 0 Å². The SMILES string of the molecule is CC(F)C(F)(F)C(F)(F)C(F)(F)C(F)(F)C(F)(F)C(F)(F)C(F)(F)C(C)(F)F. The average molecular weight is 462 g/mol. The van der Waals surface area contributed by atoms with Gasteiger partial charge in [-0.25, -0.2) is 4.39 Å². The number of hydrogen-bond donors (Lipinski definition) is 0. The van der Waals surface area contributed by atoms with Gasteiger partial charge in [0.25, 0.3) is 0 Å². The second-order valence-corrected chi connectivity index (χ2v) is 5.57. The van der Waals surface area contributed by atoms with Crippen molar-refractivity contribution in [3.63, 3.8) is 0 Å². The van der Waals surface area contributed by atoms with E-state index in [1.807, 2.05) is 0 Å². The zero-order valence-corrected chi connectivity index (χ0v) is 13.0. The molecule has 0 saturated heterocycles. The Bertz CT molecular complexity index is 566. The van der Waals surface area contributed by atoms with E-state index in [-0.39, 0.29) is 0 Å². The first-order valence-electron chi connectivity index (χ1n) is 6.36. The van der Waals surface area contributed by atoms with Gasteiger partial charge < -0.3 is 0 Å². The summed E-state index contributed by atoms with van der Waals surface area (Å²) in [6, 6.07) is 0. The van der Waals surface area contributed by atoms with Crippen molar-refractivity contribution in [3.05, 3.63) is 0 Å². The quantitative estimate of drug-likeness (QED) is 0.364. The van der Waals surface area contributed by atoms with Crippen LogP contribution in [0.2, 0.25) is 0 Å². The van der Waals surface area contributed by atoms with Gasteiger partial charge in [-0.15, -0.1) is 0 Å². The molecule has 0 spiro atoms. The van der Waals surface area contributed by atoms with Crippen LogP contribution in [0.5, 0.6) is 0 Å². The predicted octanol–water partition coefficient (Wildman–Crippen LogP) is 6.45. The van der Waals surface area contributed by atoms with Gasteiger partial charge in [-0.2, -0.15) is 70.2 Å². The number of alkyl halides is 17. The maximum Gasteiger partial charge on any atom is 0.385 e. The second-order valence-electron chi connectivity index (χ2n) is 5.57. The van der Waals surface area contributed by atoms with Crippen molar-refractivity contribution < 1.29 is 74.6 Å². The molecule has 0 fully saturated rings. The van der Waals surface area contributed by atoms with Crippen molar-refractivity contribution >= 4 is 0 Å². The van der Waals surface area contributed by atoms with E-state index in [2.05, 4.69) is 0 Å². The van der Waals surface area contributed by atoms with Crippen LogP contribution in [0.3, 0.4) is 0 Å². The monoisotopic (exact) mass is 462 g/mol. The van der Waals surface area contributed by atoms with E-state index < -0.39 is 67.4 Å². The summed E-state index contributed by atoms with van der Waals surface area (Å²) in [5, 5.41) is 0. The number of hydrogen-bond acceptors (Lipinski definition) is 0. The Hall–Kier alpha value is -1.19. The van der Waals surface area contributed by atoms with E-state index in [0.717, 1.165) is 0 Å². The van der Waals surface area contributed by atoms with E-state index >= 15 is 0 Å². The zero-order chi connectivity index (χ0) is 23.6. The molecule has 0 aromatic carbocycles. The molecule has 0 rings (SSSR count). The molecule has 0 aliphatic heterocycles. The van der Waals surface area contributed by atoms with Gasteiger partial charge in [-0.1, -0.05) is 0 Å². The average Bonchev–Trinajstić information content (AvgIpc) is 2.44. The van der Waals surface area contributed by atoms with E-state index in [0.29, 0.717) is 0 Å². The van der Waals surface area contributed by atoms with Crippen molar-refractivity contribution in [1.82, 2.24) is 0 Å². The van der Waals surface area contributed by atoms with Crippen molar-refractivity contribution in [2.45, 2.75) is 67.4 Å². The lowest BCUT2D eigenvalue weighted by molar-refractivity contribution is -0.454. The maximum atomic E-state index is 13.2. The summed E-state index contributed by atoms with van der Waals surface area (Å²) in [5.74, 6) is -62.1.